The van der Waals surface area contributed by atoms with Crippen LogP contribution in [0.25, 0.3) is 0 Å². The zero-order valence-corrected chi connectivity index (χ0v) is 13.1. The SMILES string of the molecule is C[B-]1([Si](C)(C)C)CCCN1[Si](C)(C)C. The molecule has 0 bridgehead atoms. The van der Waals surface area contributed by atoms with E-state index >= 15 is 0 Å². The van der Waals surface area contributed by atoms with Crippen molar-refractivity contribution in [3.05, 3.63) is 0 Å². The van der Waals surface area contributed by atoms with Gasteiger partial charge in [0.25, 0.3) is 0 Å². The van der Waals surface area contributed by atoms with E-state index in [0.29, 0.717) is 0 Å². The lowest BCUT2D eigenvalue weighted by molar-refractivity contribution is 0.668. The van der Waals surface area contributed by atoms with Crippen LogP contribution in [-0.4, -0.2) is 33.1 Å². The highest BCUT2D eigenvalue weighted by Crippen LogP contribution is 2.37. The van der Waals surface area contributed by atoms with Gasteiger partial charge in [-0.1, -0.05) is 53.6 Å². The molecule has 0 amide bonds. The van der Waals surface area contributed by atoms with Crippen LogP contribution in [0.5, 0.6) is 0 Å². The summed E-state index contributed by atoms with van der Waals surface area (Å²) in [7, 11) is -2.07. The summed E-state index contributed by atoms with van der Waals surface area (Å²) in [5, 5.41) is 0. The molecule has 1 nitrogen and oxygen atoms in total. The molecule has 1 aliphatic rings. The van der Waals surface area contributed by atoms with Gasteiger partial charge in [0.15, 0.2) is 0 Å². The van der Waals surface area contributed by atoms with Crippen LogP contribution >= 0.6 is 0 Å². The van der Waals surface area contributed by atoms with Crippen LogP contribution in [0.4, 0.5) is 0 Å². The summed E-state index contributed by atoms with van der Waals surface area (Å²) in [6, 6.07) is 0. The first kappa shape index (κ1) is 12.5. The molecule has 84 valence electrons. The van der Waals surface area contributed by atoms with Crippen LogP contribution in [0.15, 0.2) is 0 Å². The molecule has 0 N–H and O–H groups in total. The fraction of sp³-hybridized carbons (Fsp3) is 1.00. The molecule has 0 aromatic heterocycles. The monoisotopic (exact) mass is 228 g/mol. The maximum atomic E-state index is 2.96. The van der Waals surface area contributed by atoms with Gasteiger partial charge in [-0.2, -0.15) is 13.1 Å². The third kappa shape index (κ3) is 2.02. The van der Waals surface area contributed by atoms with E-state index in [9.17, 15) is 0 Å². The Bertz CT molecular complexity index is 219. The predicted octanol–water partition coefficient (Wildman–Crippen LogP) is 3.52. The van der Waals surface area contributed by atoms with Crippen molar-refractivity contribution >= 4 is 22.1 Å². The molecule has 1 aliphatic heterocycles. The first-order chi connectivity index (χ1) is 6.09. The summed E-state index contributed by atoms with van der Waals surface area (Å²) in [4.78, 5) is 0. The molecule has 0 aromatic carbocycles. The average Bonchev–Trinajstić information content (AvgIpc) is 2.28. The highest BCUT2D eigenvalue weighted by atomic mass is 28.3. The first-order valence-electron chi connectivity index (χ1n) is 6.07. The molecule has 1 atom stereocenters. The largest absolute Gasteiger partial charge is 0.499 e. The first-order valence-corrected chi connectivity index (χ1v) is 13.1. The Morgan fingerprint density at radius 1 is 1.00 bits per heavy atom. The van der Waals surface area contributed by atoms with E-state index in [4.69, 9.17) is 0 Å². The van der Waals surface area contributed by atoms with Gasteiger partial charge >= 0.3 is 0 Å². The normalized spacial score (nSPS) is 31.1. The van der Waals surface area contributed by atoms with Gasteiger partial charge in [-0.05, 0) is 6.54 Å². The van der Waals surface area contributed by atoms with E-state index in [0.717, 1.165) is 0 Å². The maximum Gasteiger partial charge on any atom is 0.0802 e. The van der Waals surface area contributed by atoms with Crippen molar-refractivity contribution in [2.75, 3.05) is 6.54 Å². The standard InChI is InChI=1S/C10H27BNSi2/c1-11(13(2,3)4)9-8-10-12(11)14(5,6)7/h8-10H2,1-7H3/q-1. The lowest BCUT2D eigenvalue weighted by Crippen LogP contribution is -2.69. The molecule has 1 rings (SSSR count). The van der Waals surface area contributed by atoms with Crippen molar-refractivity contribution in [3.8, 4) is 0 Å². The summed E-state index contributed by atoms with van der Waals surface area (Å²) < 4.78 is 2.96. The molecule has 1 unspecified atom stereocenters. The van der Waals surface area contributed by atoms with Gasteiger partial charge in [-0.3, -0.25) is 0 Å². The second kappa shape index (κ2) is 3.49. The summed E-state index contributed by atoms with van der Waals surface area (Å²) in [5.74, 6) is -0.147. The second-order valence-corrected chi connectivity index (χ2v) is 18.2. The highest BCUT2D eigenvalue weighted by Gasteiger charge is 2.44. The molecule has 1 fully saturated rings. The van der Waals surface area contributed by atoms with Crippen LogP contribution < -0.4 is 0 Å². The van der Waals surface area contributed by atoms with E-state index in [1.165, 1.54) is 19.3 Å². The van der Waals surface area contributed by atoms with E-state index in [1.54, 1.807) is 0 Å². The van der Waals surface area contributed by atoms with Crippen molar-refractivity contribution in [1.29, 1.82) is 0 Å². The van der Waals surface area contributed by atoms with Gasteiger partial charge in [-0.25, -0.2) is 0 Å². The minimum absolute atomic E-state index is 0.147. The number of hydrogen-bond donors (Lipinski definition) is 0. The molecule has 0 saturated carbocycles. The van der Waals surface area contributed by atoms with Gasteiger partial charge in [0.1, 0.15) is 0 Å². The smallest absolute Gasteiger partial charge is 0.0802 e. The maximum absolute atomic E-state index is 2.96. The van der Waals surface area contributed by atoms with Gasteiger partial charge in [0.2, 0.25) is 0 Å². The summed E-state index contributed by atoms with van der Waals surface area (Å²) in [6.45, 7) is 19.2. The van der Waals surface area contributed by atoms with Crippen LogP contribution in [0.1, 0.15) is 6.42 Å². The van der Waals surface area contributed by atoms with Crippen molar-refractivity contribution in [3.63, 3.8) is 0 Å². The quantitative estimate of drug-likeness (QED) is 0.654. The second-order valence-electron chi connectivity index (χ2n) is 7.34. The van der Waals surface area contributed by atoms with Crippen LogP contribution in [0.2, 0.25) is 52.4 Å². The number of nitrogens with zero attached hydrogens (tertiary/aromatic N) is 1. The number of rotatable bonds is 2. The molecule has 1 saturated heterocycles. The zero-order chi connectivity index (χ0) is 11.2. The molecule has 1 heterocycles. The van der Waals surface area contributed by atoms with Gasteiger partial charge < -0.3 is 4.48 Å². The molecule has 4 heteroatoms. The van der Waals surface area contributed by atoms with Crippen molar-refractivity contribution in [2.45, 2.75) is 58.8 Å². The fourth-order valence-corrected chi connectivity index (χ4v) is 10.3. The molecule has 0 spiro atoms. The third-order valence-electron chi connectivity index (χ3n) is 4.58. The fourth-order valence-electron chi connectivity index (χ4n) is 3.19. The predicted molar refractivity (Wildman–Crippen MR) is 74.4 cm³/mol. The highest BCUT2D eigenvalue weighted by molar-refractivity contribution is 7.41. The Hall–Kier alpha value is 0.459. The molecular formula is C10H27BNSi2-. The van der Waals surface area contributed by atoms with E-state index in [1.807, 2.05) is 0 Å². The Morgan fingerprint density at radius 3 is 1.79 bits per heavy atom. The summed E-state index contributed by atoms with van der Waals surface area (Å²) in [5.41, 5.74) is 0. The van der Waals surface area contributed by atoms with E-state index in [2.05, 4.69) is 50.6 Å². The molecular weight excluding hydrogens is 201 g/mol. The minimum Gasteiger partial charge on any atom is -0.499 e. The van der Waals surface area contributed by atoms with Gasteiger partial charge in [-0.15, -0.1) is 0 Å². The van der Waals surface area contributed by atoms with Crippen LogP contribution in [0.3, 0.4) is 0 Å². The summed E-state index contributed by atoms with van der Waals surface area (Å²) in [6.07, 6.45) is 2.95. The lowest BCUT2D eigenvalue weighted by atomic mass is 9.61. The minimum atomic E-state index is -1.07. The van der Waals surface area contributed by atoms with Crippen LogP contribution in [0, 0.1) is 0 Å². The van der Waals surface area contributed by atoms with Crippen molar-refractivity contribution in [2.24, 2.45) is 0 Å². The molecule has 0 aliphatic carbocycles. The van der Waals surface area contributed by atoms with E-state index < -0.39 is 16.2 Å². The van der Waals surface area contributed by atoms with Crippen LogP contribution in [-0.2, 0) is 0 Å². The van der Waals surface area contributed by atoms with E-state index in [-0.39, 0.29) is 5.87 Å². The third-order valence-corrected chi connectivity index (χ3v) is 11.7. The van der Waals surface area contributed by atoms with Gasteiger partial charge in [0.05, 0.1) is 14.1 Å². The van der Waals surface area contributed by atoms with Crippen molar-refractivity contribution in [1.82, 2.24) is 4.48 Å². The molecule has 0 radical (unpaired) electrons. The Morgan fingerprint density at radius 2 is 1.50 bits per heavy atom. The van der Waals surface area contributed by atoms with Gasteiger partial charge in [0, 0.05) is 0 Å². The number of hydrogen-bond acceptors (Lipinski definition) is 1. The lowest BCUT2D eigenvalue weighted by Gasteiger charge is -2.57. The zero-order valence-electron chi connectivity index (χ0n) is 11.1. The molecule has 0 aromatic rings. The molecule has 14 heavy (non-hydrogen) atoms. The Kier molecular flexibility index (Phi) is 3.12. The Labute approximate surface area is 92.2 Å². The Balaban J connectivity index is 2.99. The average molecular weight is 228 g/mol. The van der Waals surface area contributed by atoms with Crippen molar-refractivity contribution < 1.29 is 0 Å². The topological polar surface area (TPSA) is 3.24 Å². The summed E-state index contributed by atoms with van der Waals surface area (Å²) >= 11 is 0.